The van der Waals surface area contributed by atoms with Crippen LogP contribution < -0.4 is 27.0 Å². The molecule has 0 saturated heterocycles. The van der Waals surface area contributed by atoms with Gasteiger partial charge in [0.05, 0.1) is 47.9 Å². The second kappa shape index (κ2) is 18.2. The molecule has 3 aromatic carbocycles. The molecular formula is C48H57N5O9P+. The number of rotatable bonds is 16. The lowest BCUT2D eigenvalue weighted by Crippen LogP contribution is -2.70. The highest BCUT2D eigenvalue weighted by molar-refractivity contribution is 7.95. The van der Waals surface area contributed by atoms with Crippen molar-refractivity contribution in [1.82, 2.24) is 14.7 Å². The number of likely N-dealkylation sites (N-methyl/N-ethyl adjacent to an activating group) is 1. The summed E-state index contributed by atoms with van der Waals surface area (Å²) < 4.78 is 1.88. The van der Waals surface area contributed by atoms with Crippen molar-refractivity contribution in [3.63, 3.8) is 0 Å². The van der Waals surface area contributed by atoms with Gasteiger partial charge < -0.3 is 36.6 Å². The van der Waals surface area contributed by atoms with Crippen LogP contribution >= 0.6 is 7.26 Å². The number of aryl methyl sites for hydroxylation is 1. The summed E-state index contributed by atoms with van der Waals surface area (Å²) in [4.78, 5) is 54.5. The number of carbonyl (C=O) groups excluding carboxylic acids is 4. The van der Waals surface area contributed by atoms with E-state index in [9.17, 15) is 44.7 Å². The van der Waals surface area contributed by atoms with Gasteiger partial charge >= 0.3 is 0 Å². The molecule has 7 rings (SSSR count). The summed E-state index contributed by atoms with van der Waals surface area (Å²) in [5, 5.41) is 69.3. The first-order chi connectivity index (χ1) is 30.1. The number of aliphatic hydroxyl groups is 4. The summed E-state index contributed by atoms with van der Waals surface area (Å²) >= 11 is 0. The largest absolute Gasteiger partial charge is 0.508 e. The third kappa shape index (κ3) is 7.88. The van der Waals surface area contributed by atoms with Crippen molar-refractivity contribution in [2.45, 2.75) is 82.0 Å². The molecule has 0 aliphatic heterocycles. The van der Waals surface area contributed by atoms with E-state index >= 15 is 0 Å². The van der Waals surface area contributed by atoms with E-state index in [-0.39, 0.29) is 23.6 Å². The number of primary amides is 1. The minimum absolute atomic E-state index is 0.0113. The number of fused-ring (bicyclic) bond motifs is 3. The zero-order valence-corrected chi connectivity index (χ0v) is 37.0. The lowest BCUT2D eigenvalue weighted by molar-refractivity contribution is -0.169. The van der Waals surface area contributed by atoms with Gasteiger partial charge in [-0.15, -0.1) is 0 Å². The van der Waals surface area contributed by atoms with Crippen molar-refractivity contribution < 1.29 is 44.7 Å². The van der Waals surface area contributed by atoms with Crippen LogP contribution in [0, 0.1) is 11.8 Å². The molecule has 1 saturated carbocycles. The van der Waals surface area contributed by atoms with Crippen molar-refractivity contribution in [1.29, 1.82) is 0 Å². The van der Waals surface area contributed by atoms with Gasteiger partial charge in [0.2, 0.25) is 11.7 Å². The van der Waals surface area contributed by atoms with E-state index < -0.39 is 88.7 Å². The highest BCUT2D eigenvalue weighted by Crippen LogP contribution is 2.58. The fraction of sp³-hybridized carbons (Fsp3) is 0.396. The van der Waals surface area contributed by atoms with Gasteiger partial charge in [0.1, 0.15) is 46.0 Å². The van der Waals surface area contributed by atoms with Crippen LogP contribution in [-0.2, 0) is 26.2 Å². The molecule has 1 heterocycles. The number of phenols is 1. The van der Waals surface area contributed by atoms with Crippen molar-refractivity contribution in [3.8, 4) is 5.75 Å². The molecule has 1 aromatic heterocycles. The van der Waals surface area contributed by atoms with Gasteiger partial charge in [-0.05, 0) is 75.2 Å². The molecule has 14 nitrogen and oxygen atoms in total. The number of nitrogens with one attached hydrogen (secondary N) is 1. The van der Waals surface area contributed by atoms with Crippen molar-refractivity contribution in [2.75, 3.05) is 25.6 Å². The summed E-state index contributed by atoms with van der Waals surface area (Å²) in [6.45, 7) is 1.65. The maximum Gasteiger partial charge on any atom is 0.255 e. The second-order valence-electron chi connectivity index (χ2n) is 17.3. The third-order valence-corrected chi connectivity index (χ3v) is 17.8. The number of unbranched alkanes of at least 4 members (excludes halogenated alkanes) is 6. The third-order valence-electron chi connectivity index (χ3n) is 13.3. The number of amides is 2. The predicted molar refractivity (Wildman–Crippen MR) is 243 cm³/mol. The molecule has 3 aliphatic carbocycles. The average molecular weight is 879 g/mol. The molecule has 2 amide bonds. The monoisotopic (exact) mass is 878 g/mol. The van der Waals surface area contributed by atoms with Crippen LogP contribution in [0.4, 0.5) is 5.69 Å². The summed E-state index contributed by atoms with van der Waals surface area (Å²) in [5.74, 6) is -10.1. The van der Waals surface area contributed by atoms with E-state index in [0.717, 1.165) is 44.7 Å². The van der Waals surface area contributed by atoms with E-state index in [0.29, 0.717) is 12.0 Å². The minimum Gasteiger partial charge on any atom is -0.508 e. The highest BCUT2D eigenvalue weighted by atomic mass is 31.2. The Labute approximate surface area is 367 Å². The number of hydrogen-bond donors (Lipinski definition) is 7. The van der Waals surface area contributed by atoms with Gasteiger partial charge in [-0.3, -0.25) is 28.8 Å². The Balaban J connectivity index is 0.972. The SMILES string of the molecule is C[C@H]1c2ccc(NC(=O)CCCCCCCCC[P+](c3ccccc3)(c3ccccc3)c3cnn(C)c3)c(O)c2C(O)=C2C(=O)[C@]3(O)C(O)=C(C(N)=O)C(=O)[C@@H](N(C)C)[C@@H]3[C@@H](O)[C@@H]21. The van der Waals surface area contributed by atoms with E-state index in [1.807, 2.05) is 17.9 Å². The Morgan fingerprint density at radius 2 is 1.46 bits per heavy atom. The first kappa shape index (κ1) is 45.4. The number of phenolic OH excluding ortho intramolecular Hbond substituents is 1. The fourth-order valence-electron chi connectivity index (χ4n) is 10.3. The molecule has 15 heteroatoms. The molecule has 0 unspecified atom stereocenters. The van der Waals surface area contributed by atoms with Crippen molar-refractivity contribution in [3.05, 3.63) is 113 Å². The molecule has 63 heavy (non-hydrogen) atoms. The van der Waals surface area contributed by atoms with Gasteiger partial charge in [-0.25, -0.2) is 0 Å². The number of nitrogens with zero attached hydrogens (tertiary/aromatic N) is 3. The number of carbonyl (C=O) groups is 4. The molecular weight excluding hydrogens is 822 g/mol. The van der Waals surface area contributed by atoms with Crippen LogP contribution in [-0.4, -0.2) is 102 Å². The first-order valence-corrected chi connectivity index (χ1v) is 23.5. The molecule has 0 radical (unpaired) electrons. The Bertz CT molecular complexity index is 2430. The highest BCUT2D eigenvalue weighted by Gasteiger charge is 2.68. The maximum atomic E-state index is 14.3. The van der Waals surface area contributed by atoms with Gasteiger partial charge in [-0.1, -0.05) is 75.1 Å². The fourth-order valence-corrected chi connectivity index (χ4v) is 14.6. The van der Waals surface area contributed by atoms with Crippen LogP contribution in [0.15, 0.2) is 102 Å². The van der Waals surface area contributed by atoms with E-state index in [2.05, 4.69) is 77.3 Å². The van der Waals surface area contributed by atoms with Gasteiger partial charge in [0.25, 0.3) is 5.91 Å². The van der Waals surface area contributed by atoms with Crippen LogP contribution in [0.25, 0.3) is 5.76 Å². The second-order valence-corrected chi connectivity index (χ2v) is 20.9. The average Bonchev–Trinajstić information content (AvgIpc) is 3.70. The molecule has 0 spiro atoms. The van der Waals surface area contributed by atoms with Crippen LogP contribution in [0.5, 0.6) is 5.75 Å². The number of aromatic nitrogens is 2. The molecule has 6 atom stereocenters. The molecule has 332 valence electrons. The summed E-state index contributed by atoms with van der Waals surface area (Å²) in [6.07, 6.45) is 10.4. The van der Waals surface area contributed by atoms with Crippen LogP contribution in [0.1, 0.15) is 75.3 Å². The Kier molecular flexibility index (Phi) is 13.1. The lowest BCUT2D eigenvalue weighted by atomic mass is 9.54. The van der Waals surface area contributed by atoms with Gasteiger partial charge in [0, 0.05) is 25.0 Å². The number of nitrogens with two attached hydrogens (primary N) is 1. The first-order valence-electron chi connectivity index (χ1n) is 21.5. The Hall–Kier alpha value is -5.66. The molecule has 4 aromatic rings. The zero-order chi connectivity index (χ0) is 45.4. The number of hydrogen-bond acceptors (Lipinski definition) is 11. The number of Topliss-reactive ketones (excluding diaryl/α,β-unsaturated/α-hetero) is 2. The Morgan fingerprint density at radius 3 is 2.02 bits per heavy atom. The standard InChI is InChI=1S/C48H56N5O9P/c1-28-32-23-24-33(41(55)36(32)42(56)37-35(28)43(57)39-40(52(2)3)44(58)38(47(49)61)46(60)48(39,62)45(37)59)51-34(54)22-16-8-6-5-7-9-17-25-63(29-18-12-10-13-19-29,30-20-14-11-15-21-30)31-26-50-53(4)27-31/h10-15,18-21,23-24,26-28,35,39-40,43,57,62H,5-9,16-17,22,25H2,1-4H3,(H5-,49,51,54,55,56,58,59,60,61)/p+1/t28-,35+,39+,40-,43-,48-/m0/s1. The summed E-state index contributed by atoms with van der Waals surface area (Å²) in [7, 11) is 2.94. The van der Waals surface area contributed by atoms with Gasteiger partial charge in [0.15, 0.2) is 11.4 Å². The predicted octanol–water partition coefficient (Wildman–Crippen LogP) is 4.28. The quantitative estimate of drug-likeness (QED) is 0.0364. The lowest BCUT2D eigenvalue weighted by Gasteiger charge is -2.53. The number of anilines is 1. The zero-order valence-electron chi connectivity index (χ0n) is 36.1. The smallest absolute Gasteiger partial charge is 0.255 e. The normalized spacial score (nSPS) is 23.4. The minimum atomic E-state index is -3.01. The molecule has 0 bridgehead atoms. The van der Waals surface area contributed by atoms with E-state index in [1.54, 1.807) is 13.0 Å². The molecule has 8 N–H and O–H groups in total. The number of benzene rings is 3. The van der Waals surface area contributed by atoms with Crippen molar-refractivity contribution in [2.24, 2.45) is 24.6 Å². The number of ketones is 2. The van der Waals surface area contributed by atoms with Crippen LogP contribution in [0.3, 0.4) is 0 Å². The maximum absolute atomic E-state index is 14.3. The Morgan fingerprint density at radius 1 is 0.873 bits per heavy atom. The van der Waals surface area contributed by atoms with Crippen molar-refractivity contribution >= 4 is 58.0 Å². The van der Waals surface area contributed by atoms with E-state index in [4.69, 9.17) is 5.73 Å². The molecule has 3 aliphatic rings. The topological polar surface area (TPSA) is 229 Å². The van der Waals surface area contributed by atoms with E-state index in [1.165, 1.54) is 41.0 Å². The number of aliphatic hydroxyl groups excluding tert-OH is 3. The summed E-state index contributed by atoms with van der Waals surface area (Å²) in [5.41, 5.74) is 1.07. The van der Waals surface area contributed by atoms with Gasteiger partial charge in [-0.2, -0.15) is 5.10 Å². The number of aromatic hydroxyl groups is 1. The van der Waals surface area contributed by atoms with Crippen LogP contribution in [0.2, 0.25) is 0 Å². The summed E-state index contributed by atoms with van der Waals surface area (Å²) in [6, 6.07) is 23.2. The molecule has 1 fully saturated rings.